The van der Waals surface area contributed by atoms with Crippen LogP contribution in [0.5, 0.6) is 0 Å². The van der Waals surface area contributed by atoms with E-state index in [1.54, 1.807) is 17.5 Å². The zero-order valence-corrected chi connectivity index (χ0v) is 13.8. The fraction of sp³-hybridized carbons (Fsp3) is 0.176. The van der Waals surface area contributed by atoms with E-state index in [2.05, 4.69) is 28.3 Å². The van der Waals surface area contributed by atoms with Gasteiger partial charge >= 0.3 is 0 Å². The molecule has 2 heterocycles. The second kappa shape index (κ2) is 6.90. The monoisotopic (exact) mass is 329 g/mol. The average Bonchev–Trinajstić information content (AvgIpc) is 3.02. The Morgan fingerprint density at radius 2 is 2.09 bits per heavy atom. The number of nitrogens with one attached hydrogen (secondary N) is 1. The van der Waals surface area contributed by atoms with Crippen LogP contribution in [0.2, 0.25) is 5.02 Å². The van der Waals surface area contributed by atoms with Crippen LogP contribution in [0.25, 0.3) is 21.7 Å². The summed E-state index contributed by atoms with van der Waals surface area (Å²) in [7, 11) is 0. The molecule has 0 atom stereocenters. The van der Waals surface area contributed by atoms with Gasteiger partial charge in [0.05, 0.1) is 10.6 Å². The van der Waals surface area contributed by atoms with Crippen molar-refractivity contribution in [3.05, 3.63) is 53.8 Å². The van der Waals surface area contributed by atoms with Gasteiger partial charge in [0.15, 0.2) is 5.13 Å². The predicted octanol–water partition coefficient (Wildman–Crippen LogP) is 5.35. The minimum Gasteiger partial charge on any atom is -0.362 e. The molecule has 3 aromatic rings. The lowest BCUT2D eigenvalue weighted by atomic mass is 10.1. The van der Waals surface area contributed by atoms with Crippen LogP contribution in [-0.4, -0.2) is 16.5 Å². The summed E-state index contributed by atoms with van der Waals surface area (Å²) in [6, 6.07) is 11.8. The van der Waals surface area contributed by atoms with Crippen molar-refractivity contribution in [3.8, 4) is 21.7 Å². The highest BCUT2D eigenvalue weighted by Crippen LogP contribution is 2.35. The van der Waals surface area contributed by atoms with E-state index in [0.29, 0.717) is 5.02 Å². The number of hydrogen-bond donors (Lipinski definition) is 1. The fourth-order valence-corrected chi connectivity index (χ4v) is 3.24. The van der Waals surface area contributed by atoms with Crippen LogP contribution in [-0.2, 0) is 0 Å². The number of anilines is 1. The molecule has 0 saturated heterocycles. The molecule has 1 aromatic carbocycles. The average molecular weight is 330 g/mol. The molecule has 0 aliphatic heterocycles. The van der Waals surface area contributed by atoms with Crippen LogP contribution in [0.1, 0.15) is 13.3 Å². The third kappa shape index (κ3) is 3.29. The van der Waals surface area contributed by atoms with E-state index in [1.807, 2.05) is 36.5 Å². The van der Waals surface area contributed by atoms with Crippen LogP contribution in [0.3, 0.4) is 0 Å². The maximum atomic E-state index is 6.11. The fourth-order valence-electron chi connectivity index (χ4n) is 2.18. The summed E-state index contributed by atoms with van der Waals surface area (Å²) in [6.07, 6.45) is 4.78. The Balaban J connectivity index is 1.99. The molecule has 0 fully saturated rings. The number of thiazole rings is 1. The number of aromatic nitrogens is 2. The van der Waals surface area contributed by atoms with E-state index in [1.165, 1.54) is 0 Å². The molecule has 5 heteroatoms. The Bertz CT molecular complexity index is 770. The summed E-state index contributed by atoms with van der Waals surface area (Å²) in [4.78, 5) is 10.1. The maximum Gasteiger partial charge on any atom is 0.183 e. The molecule has 112 valence electrons. The zero-order chi connectivity index (χ0) is 15.4. The van der Waals surface area contributed by atoms with Crippen LogP contribution in [0.4, 0.5) is 5.13 Å². The first kappa shape index (κ1) is 15.0. The van der Waals surface area contributed by atoms with E-state index >= 15 is 0 Å². The number of halogens is 1. The molecule has 0 radical (unpaired) electrons. The molecular weight excluding hydrogens is 314 g/mol. The minimum atomic E-state index is 0.712. The molecule has 0 aliphatic rings. The first-order chi connectivity index (χ1) is 10.8. The molecule has 0 amide bonds. The number of hydrogen-bond acceptors (Lipinski definition) is 4. The molecule has 0 aliphatic carbocycles. The zero-order valence-electron chi connectivity index (χ0n) is 12.2. The molecule has 3 rings (SSSR count). The van der Waals surface area contributed by atoms with Crippen LogP contribution < -0.4 is 5.32 Å². The molecule has 1 N–H and O–H groups in total. The lowest BCUT2D eigenvalue weighted by Crippen LogP contribution is -1.97. The molecule has 0 unspecified atom stereocenters. The first-order valence-corrected chi connectivity index (χ1v) is 8.38. The molecule has 2 aromatic heterocycles. The van der Waals surface area contributed by atoms with Gasteiger partial charge in [0.25, 0.3) is 0 Å². The second-order valence-electron chi connectivity index (χ2n) is 4.87. The number of rotatable bonds is 5. The van der Waals surface area contributed by atoms with E-state index in [-0.39, 0.29) is 0 Å². The van der Waals surface area contributed by atoms with E-state index in [0.717, 1.165) is 39.8 Å². The highest BCUT2D eigenvalue weighted by Gasteiger charge is 2.11. The first-order valence-electron chi connectivity index (χ1n) is 7.19. The molecule has 3 nitrogen and oxygen atoms in total. The van der Waals surface area contributed by atoms with Crippen molar-refractivity contribution in [2.75, 3.05) is 11.9 Å². The summed E-state index contributed by atoms with van der Waals surface area (Å²) < 4.78 is 0. The van der Waals surface area contributed by atoms with Crippen molar-refractivity contribution in [2.45, 2.75) is 13.3 Å². The summed E-state index contributed by atoms with van der Waals surface area (Å²) in [6.45, 7) is 3.07. The van der Waals surface area contributed by atoms with Crippen molar-refractivity contribution < 1.29 is 0 Å². The Kier molecular flexibility index (Phi) is 4.71. The summed E-state index contributed by atoms with van der Waals surface area (Å²) in [5, 5.41) is 4.97. The lowest BCUT2D eigenvalue weighted by Gasteiger charge is -2.07. The van der Waals surface area contributed by atoms with Gasteiger partial charge in [0, 0.05) is 35.1 Å². The number of benzene rings is 1. The normalized spacial score (nSPS) is 10.6. The molecular formula is C17H16ClN3S. The topological polar surface area (TPSA) is 37.8 Å². The molecule has 0 bridgehead atoms. The van der Waals surface area contributed by atoms with Crippen molar-refractivity contribution in [1.29, 1.82) is 0 Å². The maximum absolute atomic E-state index is 6.11. The van der Waals surface area contributed by atoms with Crippen molar-refractivity contribution in [1.82, 2.24) is 9.97 Å². The highest BCUT2D eigenvalue weighted by atomic mass is 35.5. The molecule has 0 saturated carbocycles. The molecule has 0 spiro atoms. The third-order valence-electron chi connectivity index (χ3n) is 3.20. The SMILES string of the molecule is CCCNc1ncc(-c2cccnc2-c2cccc(Cl)c2)s1. The predicted molar refractivity (Wildman–Crippen MR) is 94.6 cm³/mol. The third-order valence-corrected chi connectivity index (χ3v) is 4.43. The van der Waals surface area contributed by atoms with E-state index < -0.39 is 0 Å². The van der Waals surface area contributed by atoms with E-state index in [9.17, 15) is 0 Å². The van der Waals surface area contributed by atoms with Gasteiger partial charge in [-0.05, 0) is 30.7 Å². The Morgan fingerprint density at radius 1 is 1.18 bits per heavy atom. The number of pyridine rings is 1. The van der Waals surface area contributed by atoms with Crippen LogP contribution in [0, 0.1) is 0 Å². The Hall–Kier alpha value is -1.91. The van der Waals surface area contributed by atoms with E-state index in [4.69, 9.17) is 11.6 Å². The van der Waals surface area contributed by atoms with Crippen molar-refractivity contribution in [2.24, 2.45) is 0 Å². The summed E-state index contributed by atoms with van der Waals surface area (Å²) in [5.74, 6) is 0. The van der Waals surface area contributed by atoms with Gasteiger partial charge < -0.3 is 5.32 Å². The largest absolute Gasteiger partial charge is 0.362 e. The van der Waals surface area contributed by atoms with Gasteiger partial charge in [-0.2, -0.15) is 0 Å². The van der Waals surface area contributed by atoms with Crippen LogP contribution in [0.15, 0.2) is 48.8 Å². The molecule has 22 heavy (non-hydrogen) atoms. The lowest BCUT2D eigenvalue weighted by molar-refractivity contribution is 0.976. The van der Waals surface area contributed by atoms with Crippen LogP contribution >= 0.6 is 22.9 Å². The smallest absolute Gasteiger partial charge is 0.183 e. The van der Waals surface area contributed by atoms with Gasteiger partial charge in [-0.1, -0.05) is 42.0 Å². The van der Waals surface area contributed by atoms with Crippen molar-refractivity contribution in [3.63, 3.8) is 0 Å². The Morgan fingerprint density at radius 3 is 2.91 bits per heavy atom. The summed E-state index contributed by atoms with van der Waals surface area (Å²) >= 11 is 7.75. The minimum absolute atomic E-state index is 0.712. The quantitative estimate of drug-likeness (QED) is 0.685. The van der Waals surface area contributed by atoms with Gasteiger partial charge in [-0.25, -0.2) is 4.98 Å². The standard InChI is InChI=1S/C17H16ClN3S/c1-2-8-20-17-21-11-15(22-17)14-7-4-9-19-16(14)12-5-3-6-13(18)10-12/h3-7,9-11H,2,8H2,1H3,(H,20,21). The highest BCUT2D eigenvalue weighted by molar-refractivity contribution is 7.18. The summed E-state index contributed by atoms with van der Waals surface area (Å²) in [5.41, 5.74) is 3.02. The van der Waals surface area contributed by atoms with Gasteiger partial charge in [0.2, 0.25) is 0 Å². The van der Waals surface area contributed by atoms with Gasteiger partial charge in [0.1, 0.15) is 0 Å². The van der Waals surface area contributed by atoms with Crippen molar-refractivity contribution >= 4 is 28.1 Å². The Labute approximate surface area is 139 Å². The second-order valence-corrected chi connectivity index (χ2v) is 6.33. The van der Waals surface area contributed by atoms with Gasteiger partial charge in [-0.15, -0.1) is 0 Å². The number of nitrogens with zero attached hydrogens (tertiary/aromatic N) is 2. The van der Waals surface area contributed by atoms with Gasteiger partial charge in [-0.3, -0.25) is 4.98 Å².